The molecule has 0 radical (unpaired) electrons. The minimum absolute atomic E-state index is 0.0263. The van der Waals surface area contributed by atoms with Gasteiger partial charge in [0.25, 0.3) is 5.91 Å². The van der Waals surface area contributed by atoms with E-state index in [0.29, 0.717) is 5.39 Å². The lowest BCUT2D eigenvalue weighted by molar-refractivity contribution is -0.192. The third-order valence-electron chi connectivity index (χ3n) is 5.54. The molecule has 1 aliphatic heterocycles. The number of alkyl halides is 3. The number of amides is 1. The molecule has 0 aliphatic carbocycles. The lowest BCUT2D eigenvalue weighted by Crippen LogP contribution is -2.41. The Hall–Kier alpha value is -3.29. The average molecular weight is 508 g/mol. The van der Waals surface area contributed by atoms with Crippen molar-refractivity contribution in [1.29, 1.82) is 0 Å². The summed E-state index contributed by atoms with van der Waals surface area (Å²) >= 11 is 0. The predicted octanol–water partition coefficient (Wildman–Crippen LogP) is 2.40. The number of hydrogen-bond donors (Lipinski definition) is 3. The summed E-state index contributed by atoms with van der Waals surface area (Å²) in [5.74, 6) is -5.91. The number of carboxylic acids is 2. The summed E-state index contributed by atoms with van der Waals surface area (Å²) in [5, 5.41) is 17.9. The number of carbonyl (C=O) groups excluding carboxylic acids is 1. The van der Waals surface area contributed by atoms with Crippen molar-refractivity contribution < 1.29 is 50.6 Å². The molecule has 0 saturated carbocycles. The molecule has 186 valence electrons. The van der Waals surface area contributed by atoms with Crippen molar-refractivity contribution in [3.63, 3.8) is 0 Å². The van der Waals surface area contributed by atoms with Crippen LogP contribution in [0.1, 0.15) is 30.6 Å². The molecule has 0 spiro atoms. The van der Waals surface area contributed by atoms with Gasteiger partial charge in [0.15, 0.2) is 15.1 Å². The SMILES string of the molecule is CC1(C)C(CNC(=O)c2cc(F)c3ncccc3c2)CC(C(=O)O)S1(=O)=O.O=C(O)C(F)(F)F. The van der Waals surface area contributed by atoms with Crippen molar-refractivity contribution >= 4 is 38.6 Å². The Balaban J connectivity index is 0.000000509. The summed E-state index contributed by atoms with van der Waals surface area (Å²) in [6, 6.07) is 5.83. The number of rotatable bonds is 4. The zero-order valence-electron chi connectivity index (χ0n) is 17.8. The van der Waals surface area contributed by atoms with Crippen molar-refractivity contribution in [2.45, 2.75) is 36.4 Å². The summed E-state index contributed by atoms with van der Waals surface area (Å²) in [4.78, 5) is 36.5. The monoisotopic (exact) mass is 508 g/mol. The van der Waals surface area contributed by atoms with Crippen LogP contribution in [0.5, 0.6) is 0 Å². The van der Waals surface area contributed by atoms with Crippen LogP contribution in [0.2, 0.25) is 0 Å². The molecule has 1 fully saturated rings. The van der Waals surface area contributed by atoms with Crippen LogP contribution in [0, 0.1) is 11.7 Å². The van der Waals surface area contributed by atoms with E-state index in [1.54, 1.807) is 12.1 Å². The third kappa shape index (κ3) is 5.43. The molecule has 1 aromatic carbocycles. The Morgan fingerprint density at radius 1 is 1.21 bits per heavy atom. The Morgan fingerprint density at radius 2 is 1.79 bits per heavy atom. The molecule has 0 bridgehead atoms. The maximum Gasteiger partial charge on any atom is 0.490 e. The highest BCUT2D eigenvalue weighted by atomic mass is 32.2. The summed E-state index contributed by atoms with van der Waals surface area (Å²) < 4.78 is 69.4. The van der Waals surface area contributed by atoms with E-state index in [9.17, 15) is 40.7 Å². The summed E-state index contributed by atoms with van der Waals surface area (Å²) in [7, 11) is -3.88. The molecule has 14 heteroatoms. The molecule has 1 aromatic heterocycles. The molecule has 3 N–H and O–H groups in total. The number of carbonyl (C=O) groups is 3. The van der Waals surface area contributed by atoms with Gasteiger partial charge in [0.1, 0.15) is 11.3 Å². The molecule has 2 aromatic rings. The first-order valence-electron chi connectivity index (χ1n) is 9.59. The number of fused-ring (bicyclic) bond motifs is 1. The Bertz CT molecular complexity index is 1230. The van der Waals surface area contributed by atoms with Crippen molar-refractivity contribution in [2.24, 2.45) is 5.92 Å². The van der Waals surface area contributed by atoms with Gasteiger partial charge in [-0.25, -0.2) is 17.6 Å². The van der Waals surface area contributed by atoms with Crippen molar-refractivity contribution in [2.75, 3.05) is 6.54 Å². The fraction of sp³-hybridized carbons (Fsp3) is 0.400. The molecular formula is C20H20F4N2O7S. The van der Waals surface area contributed by atoms with Gasteiger partial charge in [0.2, 0.25) is 0 Å². The minimum atomic E-state index is -5.08. The van der Waals surface area contributed by atoms with Crippen LogP contribution in [0.3, 0.4) is 0 Å². The van der Waals surface area contributed by atoms with Gasteiger partial charge >= 0.3 is 18.1 Å². The van der Waals surface area contributed by atoms with E-state index in [4.69, 9.17) is 9.90 Å². The van der Waals surface area contributed by atoms with E-state index in [2.05, 4.69) is 10.3 Å². The first-order chi connectivity index (χ1) is 15.5. The molecule has 2 atom stereocenters. The topological polar surface area (TPSA) is 151 Å². The molecule has 9 nitrogen and oxygen atoms in total. The maximum atomic E-state index is 14.1. The molecule has 1 amide bonds. The second-order valence-electron chi connectivity index (χ2n) is 7.95. The number of nitrogens with one attached hydrogen (secondary N) is 1. The highest BCUT2D eigenvalue weighted by molar-refractivity contribution is 7.94. The van der Waals surface area contributed by atoms with Crippen LogP contribution >= 0.6 is 0 Å². The first-order valence-corrected chi connectivity index (χ1v) is 11.1. The largest absolute Gasteiger partial charge is 0.490 e. The van der Waals surface area contributed by atoms with Gasteiger partial charge in [-0.2, -0.15) is 13.2 Å². The number of aromatic nitrogens is 1. The molecule has 1 saturated heterocycles. The Kier molecular flexibility index (Phi) is 7.55. The van der Waals surface area contributed by atoms with Gasteiger partial charge in [-0.3, -0.25) is 14.6 Å². The standard InChI is InChI=1S/C18H19FN2O5S.C2HF3O2/c1-18(2)12(8-14(17(23)24)27(18,25)26)9-21-16(22)11-6-10-4-3-5-20-15(10)13(19)7-11;3-2(4,5)1(6)7/h3-7,12,14H,8-9H2,1-2H3,(H,21,22)(H,23,24);(H,6,7). The smallest absolute Gasteiger partial charge is 0.480 e. The zero-order chi connectivity index (χ0) is 26.1. The number of hydrogen-bond acceptors (Lipinski definition) is 6. The quantitative estimate of drug-likeness (QED) is 0.533. The number of carboxylic acid groups (broad SMARTS) is 2. The fourth-order valence-corrected chi connectivity index (χ4v) is 5.56. The van der Waals surface area contributed by atoms with Gasteiger partial charge in [-0.1, -0.05) is 6.07 Å². The number of halogens is 4. The molecule has 34 heavy (non-hydrogen) atoms. The minimum Gasteiger partial charge on any atom is -0.480 e. The lowest BCUT2D eigenvalue weighted by Gasteiger charge is -2.25. The Morgan fingerprint density at radius 3 is 2.29 bits per heavy atom. The fourth-order valence-electron chi connectivity index (χ4n) is 3.43. The number of sulfone groups is 1. The molecule has 2 heterocycles. The number of aliphatic carboxylic acids is 2. The summed E-state index contributed by atoms with van der Waals surface area (Å²) in [6.07, 6.45) is -3.71. The number of benzene rings is 1. The van der Waals surface area contributed by atoms with Crippen LogP contribution in [0.15, 0.2) is 30.5 Å². The molecule has 2 unspecified atom stereocenters. The zero-order valence-corrected chi connectivity index (χ0v) is 18.6. The van der Waals surface area contributed by atoms with Crippen molar-refractivity contribution in [3.05, 3.63) is 41.8 Å². The summed E-state index contributed by atoms with van der Waals surface area (Å²) in [6.45, 7) is 2.90. The first kappa shape index (κ1) is 27.0. The number of pyridine rings is 1. The Labute approximate surface area is 190 Å². The van der Waals surface area contributed by atoms with E-state index in [0.717, 1.165) is 6.07 Å². The van der Waals surface area contributed by atoms with Gasteiger partial charge < -0.3 is 15.5 Å². The second-order valence-corrected chi connectivity index (χ2v) is 10.7. The normalized spacial score (nSPS) is 20.8. The van der Waals surface area contributed by atoms with E-state index in [1.165, 1.54) is 26.1 Å². The van der Waals surface area contributed by atoms with E-state index in [-0.39, 0.29) is 24.0 Å². The van der Waals surface area contributed by atoms with Crippen molar-refractivity contribution in [1.82, 2.24) is 10.3 Å². The van der Waals surface area contributed by atoms with Gasteiger partial charge in [-0.05, 0) is 44.4 Å². The van der Waals surface area contributed by atoms with Gasteiger partial charge in [0, 0.05) is 23.7 Å². The predicted molar refractivity (Wildman–Crippen MR) is 110 cm³/mol. The van der Waals surface area contributed by atoms with E-state index < -0.39 is 55.6 Å². The summed E-state index contributed by atoms with van der Waals surface area (Å²) in [5.41, 5.74) is 0.239. The van der Waals surface area contributed by atoms with Crippen LogP contribution in [0.4, 0.5) is 17.6 Å². The highest BCUT2D eigenvalue weighted by Gasteiger charge is 2.56. The maximum absolute atomic E-state index is 14.1. The molecular weight excluding hydrogens is 488 g/mol. The lowest BCUT2D eigenvalue weighted by atomic mass is 9.90. The number of nitrogens with zero attached hydrogens (tertiary/aromatic N) is 1. The molecule has 3 rings (SSSR count). The average Bonchev–Trinajstić information content (AvgIpc) is 2.90. The van der Waals surface area contributed by atoms with Gasteiger partial charge in [-0.15, -0.1) is 0 Å². The van der Waals surface area contributed by atoms with Gasteiger partial charge in [0.05, 0.1) is 4.75 Å². The van der Waals surface area contributed by atoms with Crippen LogP contribution in [-0.2, 0) is 19.4 Å². The van der Waals surface area contributed by atoms with E-state index in [1.807, 2.05) is 0 Å². The van der Waals surface area contributed by atoms with Crippen LogP contribution in [-0.4, -0.2) is 64.2 Å². The van der Waals surface area contributed by atoms with Crippen LogP contribution in [0.25, 0.3) is 10.9 Å². The third-order valence-corrected chi connectivity index (χ3v) is 8.48. The van der Waals surface area contributed by atoms with Crippen LogP contribution < -0.4 is 5.32 Å². The van der Waals surface area contributed by atoms with E-state index >= 15 is 0 Å². The van der Waals surface area contributed by atoms with Crippen molar-refractivity contribution in [3.8, 4) is 0 Å². The second kappa shape index (κ2) is 9.52. The highest BCUT2D eigenvalue weighted by Crippen LogP contribution is 2.41. The molecule has 1 aliphatic rings.